The summed E-state index contributed by atoms with van der Waals surface area (Å²) in [5, 5.41) is 1.18. The first kappa shape index (κ1) is 14.2. The Balaban J connectivity index is 2.76. The van der Waals surface area contributed by atoms with Gasteiger partial charge in [0.05, 0.1) is 0 Å². The van der Waals surface area contributed by atoms with Crippen LogP contribution in [0.15, 0.2) is 0 Å². The molecule has 0 heterocycles. The van der Waals surface area contributed by atoms with E-state index in [2.05, 4.69) is 38.5 Å². The minimum Gasteiger partial charge on any atom is -0.0928 e. The Morgan fingerprint density at radius 3 is 1.38 bits per heavy atom. The van der Waals surface area contributed by atoms with Crippen molar-refractivity contribution in [1.29, 1.82) is 0 Å². The standard InChI is InChI=1S/C11H22BrI/c12-10-8-6-4-2-1-3-5-7-9-11-13/h1-11H2. The molecule has 0 rings (SSSR count). The zero-order valence-corrected chi connectivity index (χ0v) is 12.3. The van der Waals surface area contributed by atoms with Gasteiger partial charge in [0.15, 0.2) is 0 Å². The van der Waals surface area contributed by atoms with Crippen LogP contribution in [0.1, 0.15) is 57.8 Å². The molecule has 0 aliphatic carbocycles. The number of rotatable bonds is 10. The second kappa shape index (κ2) is 13.2. The van der Waals surface area contributed by atoms with Crippen molar-refractivity contribution < 1.29 is 0 Å². The molecule has 0 spiro atoms. The number of hydrogen-bond donors (Lipinski definition) is 0. The summed E-state index contributed by atoms with van der Waals surface area (Å²) in [5.41, 5.74) is 0. The molecule has 0 aromatic heterocycles. The summed E-state index contributed by atoms with van der Waals surface area (Å²) in [7, 11) is 0. The lowest BCUT2D eigenvalue weighted by Gasteiger charge is -2.00. The van der Waals surface area contributed by atoms with E-state index in [1.54, 1.807) is 0 Å². The third-order valence-corrected chi connectivity index (χ3v) is 3.59. The van der Waals surface area contributed by atoms with Crippen molar-refractivity contribution in [3.63, 3.8) is 0 Å². The summed E-state index contributed by atoms with van der Waals surface area (Å²) in [5.74, 6) is 0. The fraction of sp³-hybridized carbons (Fsp3) is 1.00. The maximum Gasteiger partial charge on any atom is 0.00313 e. The van der Waals surface area contributed by atoms with Gasteiger partial charge in [0.1, 0.15) is 0 Å². The van der Waals surface area contributed by atoms with Crippen molar-refractivity contribution in [3.8, 4) is 0 Å². The van der Waals surface area contributed by atoms with Crippen molar-refractivity contribution in [2.24, 2.45) is 0 Å². The predicted octanol–water partition coefficient (Wildman–Crippen LogP) is 5.33. The van der Waals surface area contributed by atoms with Gasteiger partial charge in [0.25, 0.3) is 0 Å². The molecule has 0 radical (unpaired) electrons. The van der Waals surface area contributed by atoms with E-state index in [4.69, 9.17) is 0 Å². The van der Waals surface area contributed by atoms with Crippen molar-refractivity contribution in [3.05, 3.63) is 0 Å². The summed E-state index contributed by atoms with van der Waals surface area (Å²) in [6.07, 6.45) is 12.9. The molecule has 0 N–H and O–H groups in total. The van der Waals surface area contributed by atoms with Crippen LogP contribution >= 0.6 is 38.5 Å². The van der Waals surface area contributed by atoms with E-state index in [1.165, 1.54) is 67.5 Å². The molecule has 0 aromatic carbocycles. The fourth-order valence-corrected chi connectivity index (χ4v) is 2.36. The number of alkyl halides is 2. The first-order valence-corrected chi connectivity index (χ1v) is 8.18. The normalized spacial score (nSPS) is 10.6. The Hall–Kier alpha value is 1.21. The van der Waals surface area contributed by atoms with Crippen LogP contribution in [0.25, 0.3) is 0 Å². The highest BCUT2D eigenvalue weighted by Gasteiger charge is 1.91. The molecule has 0 nitrogen and oxygen atoms in total. The molecule has 0 unspecified atom stereocenters. The van der Waals surface area contributed by atoms with Gasteiger partial charge in [-0.15, -0.1) is 0 Å². The van der Waals surface area contributed by atoms with Crippen molar-refractivity contribution in [1.82, 2.24) is 0 Å². The van der Waals surface area contributed by atoms with Gasteiger partial charge in [-0.05, 0) is 17.3 Å². The topological polar surface area (TPSA) is 0 Å². The summed E-state index contributed by atoms with van der Waals surface area (Å²) in [6, 6.07) is 0. The van der Waals surface area contributed by atoms with Crippen LogP contribution in [-0.2, 0) is 0 Å². The third-order valence-electron chi connectivity index (χ3n) is 2.27. The highest BCUT2D eigenvalue weighted by atomic mass is 127. The number of hydrogen-bond acceptors (Lipinski definition) is 0. The van der Waals surface area contributed by atoms with E-state index in [0.717, 1.165) is 0 Å². The molecule has 0 aliphatic rings. The Labute approximate surface area is 106 Å². The van der Waals surface area contributed by atoms with Gasteiger partial charge < -0.3 is 0 Å². The van der Waals surface area contributed by atoms with Gasteiger partial charge in [-0.3, -0.25) is 0 Å². The second-order valence-electron chi connectivity index (χ2n) is 3.56. The maximum absolute atomic E-state index is 3.46. The van der Waals surface area contributed by atoms with Crippen LogP contribution in [-0.4, -0.2) is 9.76 Å². The molecule has 0 saturated heterocycles. The minimum absolute atomic E-state index is 1.18. The lowest BCUT2D eigenvalue weighted by Crippen LogP contribution is -1.82. The quantitative estimate of drug-likeness (QED) is 0.280. The summed E-state index contributed by atoms with van der Waals surface area (Å²) in [4.78, 5) is 0. The van der Waals surface area contributed by atoms with E-state index in [1.807, 2.05) is 0 Å². The second-order valence-corrected chi connectivity index (χ2v) is 5.43. The Morgan fingerprint density at radius 2 is 1.00 bits per heavy atom. The zero-order valence-electron chi connectivity index (χ0n) is 8.53. The molecule has 0 atom stereocenters. The maximum atomic E-state index is 3.46. The molecular weight excluding hydrogens is 339 g/mol. The van der Waals surface area contributed by atoms with E-state index in [-0.39, 0.29) is 0 Å². The average Bonchev–Trinajstić information content (AvgIpc) is 2.16. The van der Waals surface area contributed by atoms with E-state index in [0.29, 0.717) is 0 Å². The lowest BCUT2D eigenvalue weighted by atomic mass is 10.1. The largest absolute Gasteiger partial charge is 0.0928 e. The Bertz CT molecular complexity index is 76.2. The molecule has 2 heteroatoms. The summed E-state index contributed by atoms with van der Waals surface area (Å²) in [6.45, 7) is 0. The molecular formula is C11H22BrI. The van der Waals surface area contributed by atoms with Crippen LogP contribution in [0.2, 0.25) is 0 Å². The van der Waals surface area contributed by atoms with Gasteiger partial charge in [-0.2, -0.15) is 0 Å². The SMILES string of the molecule is BrCCCCCCCCCCCI. The number of unbranched alkanes of at least 4 members (excludes halogenated alkanes) is 8. The summed E-state index contributed by atoms with van der Waals surface area (Å²) < 4.78 is 1.34. The molecule has 0 fully saturated rings. The zero-order chi connectivity index (χ0) is 9.78. The molecule has 80 valence electrons. The van der Waals surface area contributed by atoms with Gasteiger partial charge in [-0.25, -0.2) is 0 Å². The molecule has 13 heavy (non-hydrogen) atoms. The minimum atomic E-state index is 1.18. The van der Waals surface area contributed by atoms with Crippen LogP contribution < -0.4 is 0 Å². The van der Waals surface area contributed by atoms with Crippen molar-refractivity contribution in [2.45, 2.75) is 57.8 Å². The molecule has 0 aliphatic heterocycles. The van der Waals surface area contributed by atoms with Gasteiger partial charge in [0, 0.05) is 5.33 Å². The Kier molecular flexibility index (Phi) is 14.4. The third kappa shape index (κ3) is 13.2. The van der Waals surface area contributed by atoms with E-state index >= 15 is 0 Å². The van der Waals surface area contributed by atoms with Gasteiger partial charge in [0.2, 0.25) is 0 Å². The molecule has 0 bridgehead atoms. The molecule has 0 saturated carbocycles. The Morgan fingerprint density at radius 1 is 0.615 bits per heavy atom. The van der Waals surface area contributed by atoms with Gasteiger partial charge in [-0.1, -0.05) is 83.5 Å². The summed E-state index contributed by atoms with van der Waals surface area (Å²) >= 11 is 5.93. The van der Waals surface area contributed by atoms with Crippen molar-refractivity contribution in [2.75, 3.05) is 9.76 Å². The smallest absolute Gasteiger partial charge is 0.00313 e. The predicted molar refractivity (Wildman–Crippen MR) is 74.2 cm³/mol. The van der Waals surface area contributed by atoms with Gasteiger partial charge >= 0.3 is 0 Å². The average molecular weight is 361 g/mol. The van der Waals surface area contributed by atoms with Crippen LogP contribution in [0.5, 0.6) is 0 Å². The highest BCUT2D eigenvalue weighted by Crippen LogP contribution is 2.10. The lowest BCUT2D eigenvalue weighted by molar-refractivity contribution is 0.575. The van der Waals surface area contributed by atoms with Crippen molar-refractivity contribution >= 4 is 38.5 Å². The first-order chi connectivity index (χ1) is 6.41. The van der Waals surface area contributed by atoms with Crippen LogP contribution in [0, 0.1) is 0 Å². The highest BCUT2D eigenvalue weighted by molar-refractivity contribution is 14.1. The van der Waals surface area contributed by atoms with Crippen LogP contribution in [0.4, 0.5) is 0 Å². The monoisotopic (exact) mass is 360 g/mol. The van der Waals surface area contributed by atoms with Crippen LogP contribution in [0.3, 0.4) is 0 Å². The van der Waals surface area contributed by atoms with E-state index < -0.39 is 0 Å². The fourth-order valence-electron chi connectivity index (χ4n) is 1.43. The van der Waals surface area contributed by atoms with E-state index in [9.17, 15) is 0 Å². The molecule has 0 aromatic rings. The first-order valence-electron chi connectivity index (χ1n) is 5.53. The molecule has 0 amide bonds. The number of halogens is 2.